The van der Waals surface area contributed by atoms with Crippen LogP contribution in [0.1, 0.15) is 29.8 Å². The maximum atomic E-state index is 4.47. The number of rotatable bonds is 8. The average Bonchev–Trinajstić information content (AvgIpc) is 3.41. The predicted molar refractivity (Wildman–Crippen MR) is 131 cm³/mol. The van der Waals surface area contributed by atoms with Gasteiger partial charge in [-0.15, -0.1) is 0 Å². The Morgan fingerprint density at radius 2 is 1.71 bits per heavy atom. The molecule has 2 aromatic carbocycles. The standard InChI is InChI=1S/C24H26N5Se2/c1-4-28(5-2)19-13-11-18(12-14-19)26-27-24-25-17-20(30-24)15-16-23-29(6-3)21-9-7-8-10-22(21)31-23/h7-17H,4-6H2,1-3H3/q+1. The molecule has 2 heterocycles. The summed E-state index contributed by atoms with van der Waals surface area (Å²) in [6, 6.07) is 17.0. The van der Waals surface area contributed by atoms with Crippen molar-refractivity contribution in [1.82, 2.24) is 4.98 Å². The van der Waals surface area contributed by atoms with Crippen molar-refractivity contribution in [2.24, 2.45) is 10.2 Å². The van der Waals surface area contributed by atoms with Crippen molar-refractivity contribution >= 4 is 67.0 Å². The van der Waals surface area contributed by atoms with Crippen LogP contribution in [0.2, 0.25) is 0 Å². The van der Waals surface area contributed by atoms with Crippen LogP contribution in [0.4, 0.5) is 16.1 Å². The Hall–Kier alpha value is -2.30. The molecule has 31 heavy (non-hydrogen) atoms. The fraction of sp³-hybridized carbons (Fsp3) is 0.250. The fourth-order valence-corrected chi connectivity index (χ4v) is 7.19. The number of aromatic nitrogens is 2. The summed E-state index contributed by atoms with van der Waals surface area (Å²) >= 11 is 0.452. The number of hydrogen-bond donors (Lipinski definition) is 0. The van der Waals surface area contributed by atoms with Gasteiger partial charge in [0.05, 0.1) is 0 Å². The van der Waals surface area contributed by atoms with E-state index in [1.807, 2.05) is 18.3 Å². The molecule has 0 saturated carbocycles. The van der Waals surface area contributed by atoms with Crippen molar-refractivity contribution in [3.05, 3.63) is 63.7 Å². The van der Waals surface area contributed by atoms with Crippen LogP contribution < -0.4 is 9.47 Å². The van der Waals surface area contributed by atoms with Crippen molar-refractivity contribution in [2.75, 3.05) is 18.0 Å². The van der Waals surface area contributed by atoms with Gasteiger partial charge in [-0.25, -0.2) is 0 Å². The summed E-state index contributed by atoms with van der Waals surface area (Å²) < 4.78 is 7.32. The molecule has 0 N–H and O–H groups in total. The van der Waals surface area contributed by atoms with E-state index in [1.54, 1.807) is 0 Å². The third kappa shape index (κ3) is 5.13. The molecule has 0 amide bonds. The van der Waals surface area contributed by atoms with Gasteiger partial charge in [0.25, 0.3) is 0 Å². The Morgan fingerprint density at radius 3 is 2.45 bits per heavy atom. The number of azo groups is 1. The van der Waals surface area contributed by atoms with E-state index in [1.165, 1.54) is 24.5 Å². The van der Waals surface area contributed by atoms with Crippen LogP contribution in [0.25, 0.3) is 21.9 Å². The Bertz CT molecular complexity index is 1200. The average molecular weight is 542 g/mol. The van der Waals surface area contributed by atoms with E-state index in [2.05, 4.69) is 94.0 Å². The predicted octanol–water partition coefficient (Wildman–Crippen LogP) is 5.09. The Kier molecular flexibility index (Phi) is 7.31. The molecule has 7 heteroatoms. The van der Waals surface area contributed by atoms with Crippen LogP contribution in [0, 0.1) is 0 Å². The summed E-state index contributed by atoms with van der Waals surface area (Å²) in [5, 5.41) is 8.78. The van der Waals surface area contributed by atoms with Gasteiger partial charge in [0.15, 0.2) is 0 Å². The Morgan fingerprint density at radius 1 is 0.935 bits per heavy atom. The first-order valence-electron chi connectivity index (χ1n) is 10.5. The van der Waals surface area contributed by atoms with Gasteiger partial charge in [0.2, 0.25) is 0 Å². The number of para-hydroxylation sites is 1. The van der Waals surface area contributed by atoms with E-state index in [0.717, 1.165) is 30.0 Å². The number of fused-ring (bicyclic) bond motifs is 1. The molecule has 158 valence electrons. The van der Waals surface area contributed by atoms with Gasteiger partial charge in [-0.1, -0.05) is 0 Å². The maximum absolute atomic E-state index is 4.47. The summed E-state index contributed by atoms with van der Waals surface area (Å²) in [6.45, 7) is 9.54. The van der Waals surface area contributed by atoms with E-state index in [4.69, 9.17) is 0 Å². The van der Waals surface area contributed by atoms with Crippen molar-refractivity contribution in [1.29, 1.82) is 0 Å². The van der Waals surface area contributed by atoms with Gasteiger partial charge in [-0.2, -0.15) is 0 Å². The van der Waals surface area contributed by atoms with Gasteiger partial charge >= 0.3 is 196 Å². The number of aryl methyl sites for hydroxylation is 1. The second-order valence-corrected chi connectivity index (χ2v) is 11.3. The molecule has 5 nitrogen and oxygen atoms in total. The second-order valence-electron chi connectivity index (χ2n) is 6.92. The molecule has 0 bridgehead atoms. The van der Waals surface area contributed by atoms with E-state index < -0.39 is 0 Å². The number of hydrogen-bond acceptors (Lipinski definition) is 4. The first-order chi connectivity index (χ1) is 15.2. The van der Waals surface area contributed by atoms with Crippen molar-refractivity contribution in [3.8, 4) is 0 Å². The molecular formula is C24H26N5Se2+. The number of anilines is 1. The summed E-state index contributed by atoms with van der Waals surface area (Å²) in [6.07, 6.45) is 6.40. The van der Waals surface area contributed by atoms with Crippen LogP contribution in [0.3, 0.4) is 0 Å². The summed E-state index contributed by atoms with van der Waals surface area (Å²) in [5.74, 6) is 0. The zero-order valence-corrected chi connectivity index (χ0v) is 21.5. The van der Waals surface area contributed by atoms with Gasteiger partial charge in [0, 0.05) is 0 Å². The molecule has 0 aliphatic carbocycles. The molecule has 0 radical (unpaired) electrons. The van der Waals surface area contributed by atoms with Crippen molar-refractivity contribution in [3.63, 3.8) is 0 Å². The van der Waals surface area contributed by atoms with E-state index in [9.17, 15) is 0 Å². The van der Waals surface area contributed by atoms with Crippen LogP contribution in [-0.4, -0.2) is 47.1 Å². The number of benzene rings is 2. The zero-order valence-electron chi connectivity index (χ0n) is 18.0. The monoisotopic (exact) mass is 544 g/mol. The topological polar surface area (TPSA) is 44.7 Å². The fourth-order valence-electron chi connectivity index (χ4n) is 3.48. The number of nitrogens with zero attached hydrogens (tertiary/aromatic N) is 5. The molecule has 2 aromatic heterocycles. The van der Waals surface area contributed by atoms with Crippen LogP contribution in [-0.2, 0) is 6.54 Å². The summed E-state index contributed by atoms with van der Waals surface area (Å²) in [5.41, 5.74) is 3.43. The van der Waals surface area contributed by atoms with Crippen LogP contribution in [0.15, 0.2) is 65.0 Å². The molecular weight excluding hydrogens is 516 g/mol. The van der Waals surface area contributed by atoms with Crippen LogP contribution in [0.5, 0.6) is 0 Å². The second kappa shape index (κ2) is 10.3. The first kappa shape index (κ1) is 21.9. The minimum atomic E-state index is 0.0945. The molecule has 0 aliphatic heterocycles. The molecule has 4 rings (SSSR count). The van der Waals surface area contributed by atoms with Gasteiger partial charge < -0.3 is 0 Å². The molecule has 0 fully saturated rings. The van der Waals surface area contributed by atoms with Gasteiger partial charge in [0.1, 0.15) is 0 Å². The molecule has 0 unspecified atom stereocenters. The SMILES string of the molecule is CCN(CC)c1ccc(N=Nc2ncc(/C=C/c3[se]c4ccccc4[n+]3CC)[se]2)cc1. The normalized spacial score (nSPS) is 11.8. The summed E-state index contributed by atoms with van der Waals surface area (Å²) in [7, 11) is 0. The van der Waals surface area contributed by atoms with E-state index >= 15 is 0 Å². The molecule has 0 saturated heterocycles. The first-order valence-corrected chi connectivity index (χ1v) is 14.0. The van der Waals surface area contributed by atoms with Gasteiger partial charge in [-0.05, 0) is 0 Å². The third-order valence-corrected chi connectivity index (χ3v) is 9.23. The van der Waals surface area contributed by atoms with Crippen molar-refractivity contribution < 1.29 is 4.57 Å². The third-order valence-electron chi connectivity index (χ3n) is 5.08. The quantitative estimate of drug-likeness (QED) is 0.177. The Labute approximate surface area is 195 Å². The van der Waals surface area contributed by atoms with Crippen molar-refractivity contribution in [2.45, 2.75) is 27.3 Å². The van der Waals surface area contributed by atoms with Gasteiger partial charge in [-0.3, -0.25) is 0 Å². The summed E-state index contributed by atoms with van der Waals surface area (Å²) in [4.78, 5) is 6.79. The Balaban J connectivity index is 1.46. The van der Waals surface area contributed by atoms with Crippen LogP contribution >= 0.6 is 0 Å². The molecule has 0 aliphatic rings. The molecule has 4 aromatic rings. The molecule has 0 spiro atoms. The van der Waals surface area contributed by atoms with E-state index in [0.29, 0.717) is 14.5 Å². The zero-order chi connectivity index (χ0) is 21.6. The molecule has 0 atom stereocenters. The van der Waals surface area contributed by atoms with E-state index in [-0.39, 0.29) is 14.5 Å². The minimum absolute atomic E-state index is 0.0945.